The van der Waals surface area contributed by atoms with E-state index >= 15 is 0 Å². The second kappa shape index (κ2) is 32.5. The number of benzene rings is 19. The third-order valence-electron chi connectivity index (χ3n) is 26.7. The number of fused-ring (bicyclic) bond motifs is 17. The number of para-hydroxylation sites is 4. The van der Waals surface area contributed by atoms with Gasteiger partial charge in [-0.3, -0.25) is 4.98 Å². The van der Waals surface area contributed by atoms with Crippen LogP contribution < -0.4 is 0 Å². The zero-order chi connectivity index (χ0) is 88.9. The van der Waals surface area contributed by atoms with Crippen molar-refractivity contribution in [3.05, 3.63) is 460 Å². The van der Waals surface area contributed by atoms with E-state index < -0.39 is 0 Å². The van der Waals surface area contributed by atoms with Gasteiger partial charge < -0.3 is 13.3 Å². The summed E-state index contributed by atoms with van der Waals surface area (Å²) >= 11 is 0. The van der Waals surface area contributed by atoms with Crippen LogP contribution in [0.1, 0.15) is 25.0 Å². The first-order valence-electron chi connectivity index (χ1n) is 45.4. The molecular formula is C125H80N6O3. The summed E-state index contributed by atoms with van der Waals surface area (Å²) in [7, 11) is 0. The van der Waals surface area contributed by atoms with Crippen LogP contribution in [0, 0.1) is 0 Å². The van der Waals surface area contributed by atoms with Gasteiger partial charge in [-0.25, -0.2) is 24.9 Å². The quantitative estimate of drug-likeness (QED) is 0.125. The molecule has 0 amide bonds. The Hall–Kier alpha value is -17.7. The maximum Gasteiger partial charge on any atom is 0.136 e. The van der Waals surface area contributed by atoms with Gasteiger partial charge in [0.05, 0.1) is 61.7 Å². The lowest BCUT2D eigenvalue weighted by Crippen LogP contribution is -2.14. The summed E-state index contributed by atoms with van der Waals surface area (Å²) in [6.45, 7) is 4.64. The molecule has 19 aromatic carbocycles. The van der Waals surface area contributed by atoms with Crippen LogP contribution in [0.2, 0.25) is 0 Å². The van der Waals surface area contributed by atoms with Crippen molar-refractivity contribution in [2.24, 2.45) is 0 Å². The molecule has 0 spiro atoms. The van der Waals surface area contributed by atoms with Crippen molar-refractivity contribution in [1.29, 1.82) is 0 Å². The number of aromatic nitrogens is 6. The fraction of sp³-hybridized carbons (Fsp3) is 0.0240. The molecule has 0 bridgehead atoms. The van der Waals surface area contributed by atoms with E-state index in [4.69, 9.17) is 43.2 Å². The van der Waals surface area contributed by atoms with E-state index in [9.17, 15) is 0 Å². The summed E-state index contributed by atoms with van der Waals surface area (Å²) in [5, 5.41) is 12.7. The molecule has 1 aliphatic carbocycles. The van der Waals surface area contributed by atoms with E-state index in [1.54, 1.807) is 0 Å². The molecule has 7 aromatic heterocycles. The van der Waals surface area contributed by atoms with Crippen LogP contribution in [-0.2, 0) is 5.41 Å². The summed E-state index contributed by atoms with van der Waals surface area (Å²) in [6, 6.07) is 155. The van der Waals surface area contributed by atoms with Crippen molar-refractivity contribution < 1.29 is 13.3 Å². The minimum atomic E-state index is -0.0768. The predicted octanol–water partition coefficient (Wildman–Crippen LogP) is 33.5. The zero-order valence-corrected chi connectivity index (χ0v) is 73.1. The van der Waals surface area contributed by atoms with E-state index in [0.29, 0.717) is 0 Å². The Bertz CT molecular complexity index is 9150. The SMILES string of the molecule is CC1(C)c2ccccc2-c2ccc(-c3nc(-c4ccc(-c5cccc6oc7ccccc7c56)cc4)cc4ncccc34)cc21.c1ccc(-c2nc3c(-c4ccc(-c5cccc6oc7ccccc7c56)cc4)cccc3nc2-c2ccc3ccccc3c2)cc1.c1ccc(-c2nc3cc(-c4ccc(-c5cccc6oc7ccccc7c56)cc4)ccc3nc2-c2ccc3ccccc3c2)cc1. The van der Waals surface area contributed by atoms with Crippen LogP contribution in [0.25, 0.3) is 255 Å². The first-order valence-corrected chi connectivity index (χ1v) is 45.4. The number of pyridine rings is 2. The lowest BCUT2D eigenvalue weighted by molar-refractivity contribution is 0.660. The number of hydrogen-bond acceptors (Lipinski definition) is 9. The average molecular weight is 1710 g/mol. The maximum absolute atomic E-state index is 6.15. The van der Waals surface area contributed by atoms with Gasteiger partial charge in [0, 0.05) is 88.3 Å². The van der Waals surface area contributed by atoms with E-state index in [2.05, 4.69) is 384 Å². The molecule has 0 radical (unpaired) electrons. The van der Waals surface area contributed by atoms with E-state index in [1.807, 2.05) is 79.0 Å². The average Bonchev–Trinajstić information content (AvgIpc) is 1.56. The second-order valence-electron chi connectivity index (χ2n) is 35.0. The van der Waals surface area contributed by atoms with Gasteiger partial charge in [0.2, 0.25) is 0 Å². The molecule has 26 aromatic rings. The largest absolute Gasteiger partial charge is 0.456 e. The molecule has 0 N–H and O–H groups in total. The smallest absolute Gasteiger partial charge is 0.136 e. The highest BCUT2D eigenvalue weighted by molar-refractivity contribution is 6.15. The standard InChI is InChI=1S/2C42H26N2O.C41H28N2O/c1-2-11-30(12-3-1)40-41(32-25-20-27-10-4-5-13-31(27)26-32)43-36-17-8-16-34(42(36)44-40)29-23-21-28(22-24-29)33-15-9-19-38-39(33)35-14-6-7-18-37(35)45-38;1-2-10-30(11-3-1)41-42(33-22-19-27-9-4-5-12-31(27)25-33)43-36-24-23-32(26-37(36)44-41)28-17-20-29(21-18-28)34-14-8-16-39-40(34)35-13-6-7-15-38(35)45-39;1-41(2)33-13-5-3-9-29(33)30-21-20-27(23-34(30)41)40-31-12-8-22-42-36(31)24-35(43-40)26-18-16-25(17-19-26)28-11-7-15-38-39(28)32-10-4-6-14-37(32)44-38/h2*1-26H;3-24H,1-2H3. The second-order valence-corrected chi connectivity index (χ2v) is 35.0. The molecule has 1 aliphatic rings. The maximum atomic E-state index is 6.15. The van der Waals surface area contributed by atoms with Crippen LogP contribution in [-0.4, -0.2) is 29.9 Å². The van der Waals surface area contributed by atoms with Crippen LogP contribution in [0.3, 0.4) is 0 Å². The Balaban J connectivity index is 0.000000107. The van der Waals surface area contributed by atoms with Gasteiger partial charge in [-0.2, -0.15) is 0 Å². The molecule has 134 heavy (non-hydrogen) atoms. The Morgan fingerprint density at radius 3 is 1.14 bits per heavy atom. The van der Waals surface area contributed by atoms with Gasteiger partial charge in [0.1, 0.15) is 33.5 Å². The highest BCUT2D eigenvalue weighted by Crippen LogP contribution is 2.51. The first kappa shape index (κ1) is 78.6. The molecule has 0 unspecified atom stereocenters. The monoisotopic (exact) mass is 1710 g/mol. The van der Waals surface area contributed by atoms with E-state index in [1.165, 1.54) is 49.4 Å². The van der Waals surface area contributed by atoms with Crippen LogP contribution in [0.4, 0.5) is 0 Å². The fourth-order valence-electron chi connectivity index (χ4n) is 20.0. The van der Waals surface area contributed by atoms with Crippen molar-refractivity contribution in [3.63, 3.8) is 0 Å². The molecule has 9 nitrogen and oxygen atoms in total. The summed E-state index contributed by atoms with van der Waals surface area (Å²) in [5.41, 5.74) is 38.2. The predicted molar refractivity (Wildman–Crippen MR) is 553 cm³/mol. The highest BCUT2D eigenvalue weighted by Gasteiger charge is 2.36. The molecular weight excluding hydrogens is 1630 g/mol. The van der Waals surface area contributed by atoms with Gasteiger partial charge in [-0.1, -0.05) is 366 Å². The van der Waals surface area contributed by atoms with Crippen molar-refractivity contribution in [3.8, 4) is 134 Å². The van der Waals surface area contributed by atoms with Crippen molar-refractivity contribution in [2.45, 2.75) is 19.3 Å². The molecule has 9 heteroatoms. The Labute approximate surface area is 772 Å². The molecule has 0 saturated heterocycles. The van der Waals surface area contributed by atoms with E-state index in [0.717, 1.165) is 216 Å². The van der Waals surface area contributed by atoms with Gasteiger partial charge in [0.25, 0.3) is 0 Å². The molecule has 628 valence electrons. The number of furan rings is 3. The number of nitrogens with zero attached hydrogens (tertiary/aromatic N) is 6. The van der Waals surface area contributed by atoms with Crippen LogP contribution in [0.5, 0.6) is 0 Å². The lowest BCUT2D eigenvalue weighted by atomic mass is 9.82. The molecule has 0 aliphatic heterocycles. The minimum absolute atomic E-state index is 0.0768. The Morgan fingerprint density at radius 2 is 0.582 bits per heavy atom. The first-order chi connectivity index (χ1) is 66.1. The molecule has 0 saturated carbocycles. The Kier molecular flexibility index (Phi) is 19.1. The Morgan fingerprint density at radius 1 is 0.194 bits per heavy atom. The van der Waals surface area contributed by atoms with Crippen molar-refractivity contribution in [1.82, 2.24) is 29.9 Å². The molecule has 7 heterocycles. The van der Waals surface area contributed by atoms with E-state index in [-0.39, 0.29) is 5.41 Å². The number of rotatable bonds is 11. The van der Waals surface area contributed by atoms with Crippen LogP contribution in [0.15, 0.2) is 462 Å². The van der Waals surface area contributed by atoms with Crippen LogP contribution >= 0.6 is 0 Å². The van der Waals surface area contributed by atoms with Gasteiger partial charge >= 0.3 is 0 Å². The molecule has 0 atom stereocenters. The molecule has 27 rings (SSSR count). The third kappa shape index (κ3) is 13.9. The van der Waals surface area contributed by atoms with Gasteiger partial charge in [-0.15, -0.1) is 0 Å². The van der Waals surface area contributed by atoms with Crippen molar-refractivity contribution >= 4 is 120 Å². The number of hydrogen-bond donors (Lipinski definition) is 0. The lowest BCUT2D eigenvalue weighted by Gasteiger charge is -2.22. The summed E-state index contributed by atoms with van der Waals surface area (Å²) < 4.78 is 18.4. The summed E-state index contributed by atoms with van der Waals surface area (Å²) in [4.78, 5) is 31.1. The third-order valence-corrected chi connectivity index (χ3v) is 26.7. The zero-order valence-electron chi connectivity index (χ0n) is 73.1. The topological polar surface area (TPSA) is 117 Å². The summed E-state index contributed by atoms with van der Waals surface area (Å²) in [6.07, 6.45) is 1.86. The fourth-order valence-corrected chi connectivity index (χ4v) is 20.0. The van der Waals surface area contributed by atoms with Gasteiger partial charge in [0.15, 0.2) is 0 Å². The van der Waals surface area contributed by atoms with Crippen molar-refractivity contribution in [2.75, 3.05) is 0 Å². The molecule has 0 fully saturated rings. The normalized spacial score (nSPS) is 12.2. The summed E-state index contributed by atoms with van der Waals surface area (Å²) in [5.74, 6) is 0. The highest BCUT2D eigenvalue weighted by atomic mass is 16.3. The van der Waals surface area contributed by atoms with Gasteiger partial charge in [-0.05, 0) is 185 Å². The minimum Gasteiger partial charge on any atom is -0.456 e.